The van der Waals surface area contributed by atoms with Crippen molar-refractivity contribution < 1.29 is 0 Å². The van der Waals surface area contributed by atoms with Crippen molar-refractivity contribution in [3.63, 3.8) is 0 Å². The Morgan fingerprint density at radius 1 is 1.53 bits per heavy atom. The zero-order chi connectivity index (χ0) is 12.4. The van der Waals surface area contributed by atoms with Gasteiger partial charge >= 0.3 is 0 Å². The predicted octanol–water partition coefficient (Wildman–Crippen LogP) is 1.03. The first kappa shape index (κ1) is 12.8. The summed E-state index contributed by atoms with van der Waals surface area (Å²) in [4.78, 5) is 9.38. The molecule has 2 unspecified atom stereocenters. The van der Waals surface area contributed by atoms with Gasteiger partial charge < -0.3 is 15.5 Å². The molecule has 0 radical (unpaired) electrons. The third-order valence-corrected chi connectivity index (χ3v) is 4.40. The minimum Gasteiger partial charge on any atom is -0.346 e. The smallest absolute Gasteiger partial charge is 0.185 e. The molecule has 0 bridgehead atoms. The molecule has 5 heteroatoms. The molecule has 2 rings (SSSR count). The average molecular weight is 254 g/mol. The van der Waals surface area contributed by atoms with Crippen LogP contribution in [0.4, 0.5) is 5.13 Å². The number of hydrogen-bond donors (Lipinski definition) is 1. The number of hydrogen-bond acceptors (Lipinski definition) is 5. The van der Waals surface area contributed by atoms with Crippen LogP contribution in [0, 0.1) is 5.92 Å². The zero-order valence-corrected chi connectivity index (χ0v) is 11.7. The quantitative estimate of drug-likeness (QED) is 0.872. The summed E-state index contributed by atoms with van der Waals surface area (Å²) >= 11 is 1.74. The van der Waals surface area contributed by atoms with Crippen molar-refractivity contribution in [1.29, 1.82) is 0 Å². The number of thiazole rings is 1. The SMILES string of the molecule is CC1CN(c2nc(CCN)cs2)CC1N(C)C. The molecule has 96 valence electrons. The minimum absolute atomic E-state index is 0.636. The van der Waals surface area contributed by atoms with E-state index < -0.39 is 0 Å². The molecule has 2 atom stereocenters. The maximum Gasteiger partial charge on any atom is 0.185 e. The predicted molar refractivity (Wildman–Crippen MR) is 73.7 cm³/mol. The fourth-order valence-electron chi connectivity index (χ4n) is 2.48. The van der Waals surface area contributed by atoms with Crippen LogP contribution in [0.5, 0.6) is 0 Å². The summed E-state index contributed by atoms with van der Waals surface area (Å²) in [7, 11) is 4.32. The fraction of sp³-hybridized carbons (Fsp3) is 0.750. The highest BCUT2D eigenvalue weighted by atomic mass is 32.1. The highest BCUT2D eigenvalue weighted by Gasteiger charge is 2.32. The fourth-order valence-corrected chi connectivity index (χ4v) is 3.36. The number of nitrogens with two attached hydrogens (primary N) is 1. The molecule has 0 aliphatic carbocycles. The van der Waals surface area contributed by atoms with E-state index in [1.807, 2.05) is 0 Å². The maximum absolute atomic E-state index is 5.55. The van der Waals surface area contributed by atoms with Crippen molar-refractivity contribution in [2.24, 2.45) is 11.7 Å². The first-order chi connectivity index (χ1) is 8.11. The molecule has 1 aliphatic heterocycles. The Labute approximate surface area is 107 Å². The highest BCUT2D eigenvalue weighted by Crippen LogP contribution is 2.28. The van der Waals surface area contributed by atoms with Crippen molar-refractivity contribution in [3.8, 4) is 0 Å². The van der Waals surface area contributed by atoms with E-state index in [4.69, 9.17) is 5.73 Å². The summed E-state index contributed by atoms with van der Waals surface area (Å²) in [5.41, 5.74) is 6.68. The third kappa shape index (κ3) is 2.78. The van der Waals surface area contributed by atoms with Gasteiger partial charge in [-0.3, -0.25) is 0 Å². The summed E-state index contributed by atoms with van der Waals surface area (Å²) in [5.74, 6) is 0.701. The number of likely N-dealkylation sites (N-methyl/N-ethyl adjacent to an activating group) is 1. The van der Waals surface area contributed by atoms with Gasteiger partial charge in [-0.05, 0) is 26.6 Å². The van der Waals surface area contributed by atoms with Crippen molar-refractivity contribution in [1.82, 2.24) is 9.88 Å². The van der Waals surface area contributed by atoms with Crippen LogP contribution in [-0.2, 0) is 6.42 Å². The molecule has 0 aromatic carbocycles. The lowest BCUT2D eigenvalue weighted by molar-refractivity contribution is 0.266. The van der Waals surface area contributed by atoms with Crippen molar-refractivity contribution in [2.45, 2.75) is 19.4 Å². The van der Waals surface area contributed by atoms with E-state index in [1.54, 1.807) is 11.3 Å². The third-order valence-electron chi connectivity index (χ3n) is 3.45. The summed E-state index contributed by atoms with van der Waals surface area (Å²) in [6.45, 7) is 5.20. The number of anilines is 1. The standard InChI is InChI=1S/C12H22N4S/c1-9-6-16(7-11(9)15(2)3)12-14-10(4-5-13)8-17-12/h8-9,11H,4-7,13H2,1-3H3. The molecule has 0 amide bonds. The van der Waals surface area contributed by atoms with Gasteiger partial charge in [0.2, 0.25) is 0 Å². The van der Waals surface area contributed by atoms with E-state index in [1.165, 1.54) is 0 Å². The number of rotatable bonds is 4. The molecule has 4 nitrogen and oxygen atoms in total. The van der Waals surface area contributed by atoms with Crippen LogP contribution in [0.1, 0.15) is 12.6 Å². The van der Waals surface area contributed by atoms with Gasteiger partial charge in [0, 0.05) is 30.9 Å². The second kappa shape index (κ2) is 5.33. The van der Waals surface area contributed by atoms with E-state index in [0.717, 1.165) is 30.3 Å². The van der Waals surface area contributed by atoms with Gasteiger partial charge in [0.25, 0.3) is 0 Å². The molecule has 0 saturated carbocycles. The minimum atomic E-state index is 0.636. The molecular formula is C12H22N4S. The van der Waals surface area contributed by atoms with Gasteiger partial charge in [0.05, 0.1) is 5.69 Å². The van der Waals surface area contributed by atoms with Gasteiger partial charge in [-0.2, -0.15) is 0 Å². The van der Waals surface area contributed by atoms with E-state index in [0.29, 0.717) is 18.5 Å². The molecular weight excluding hydrogens is 232 g/mol. The van der Waals surface area contributed by atoms with Crippen LogP contribution in [0.3, 0.4) is 0 Å². The van der Waals surface area contributed by atoms with Gasteiger partial charge in [0.15, 0.2) is 5.13 Å². The first-order valence-corrected chi connectivity index (χ1v) is 7.05. The molecule has 17 heavy (non-hydrogen) atoms. The number of nitrogens with zero attached hydrogens (tertiary/aromatic N) is 3. The summed E-state index contributed by atoms with van der Waals surface area (Å²) < 4.78 is 0. The molecule has 1 aliphatic rings. The Balaban J connectivity index is 2.03. The van der Waals surface area contributed by atoms with E-state index in [-0.39, 0.29) is 0 Å². The maximum atomic E-state index is 5.55. The van der Waals surface area contributed by atoms with Gasteiger partial charge in [-0.1, -0.05) is 6.92 Å². The molecule has 2 heterocycles. The van der Waals surface area contributed by atoms with Crippen LogP contribution >= 0.6 is 11.3 Å². The molecule has 2 N–H and O–H groups in total. The lowest BCUT2D eigenvalue weighted by Crippen LogP contribution is -2.34. The molecule has 1 saturated heterocycles. The van der Waals surface area contributed by atoms with Gasteiger partial charge in [-0.15, -0.1) is 11.3 Å². The van der Waals surface area contributed by atoms with Crippen LogP contribution in [-0.4, -0.2) is 49.7 Å². The van der Waals surface area contributed by atoms with Gasteiger partial charge in [-0.25, -0.2) is 4.98 Å². The van der Waals surface area contributed by atoms with Crippen LogP contribution in [0.25, 0.3) is 0 Å². The number of aromatic nitrogens is 1. The Kier molecular flexibility index (Phi) is 4.01. The topological polar surface area (TPSA) is 45.4 Å². The largest absolute Gasteiger partial charge is 0.346 e. The average Bonchev–Trinajstić information content (AvgIpc) is 2.85. The van der Waals surface area contributed by atoms with Crippen LogP contribution < -0.4 is 10.6 Å². The molecule has 1 aromatic rings. The summed E-state index contributed by atoms with van der Waals surface area (Å²) in [6.07, 6.45) is 0.886. The lowest BCUT2D eigenvalue weighted by atomic mass is 10.1. The molecule has 0 spiro atoms. The zero-order valence-electron chi connectivity index (χ0n) is 10.9. The van der Waals surface area contributed by atoms with E-state index in [2.05, 4.69) is 41.2 Å². The van der Waals surface area contributed by atoms with E-state index in [9.17, 15) is 0 Å². The Bertz CT molecular complexity index is 363. The summed E-state index contributed by atoms with van der Waals surface area (Å²) in [6, 6.07) is 0.636. The van der Waals surface area contributed by atoms with Crippen molar-refractivity contribution in [3.05, 3.63) is 11.1 Å². The first-order valence-electron chi connectivity index (χ1n) is 6.17. The Hall–Kier alpha value is -0.650. The monoisotopic (exact) mass is 254 g/mol. The van der Waals surface area contributed by atoms with Crippen molar-refractivity contribution in [2.75, 3.05) is 38.6 Å². The van der Waals surface area contributed by atoms with Crippen molar-refractivity contribution >= 4 is 16.5 Å². The lowest BCUT2D eigenvalue weighted by Gasteiger charge is -2.22. The second-order valence-corrected chi connectivity index (χ2v) is 5.91. The van der Waals surface area contributed by atoms with E-state index >= 15 is 0 Å². The Morgan fingerprint density at radius 3 is 2.88 bits per heavy atom. The Morgan fingerprint density at radius 2 is 2.29 bits per heavy atom. The molecule has 1 aromatic heterocycles. The van der Waals surface area contributed by atoms with Crippen LogP contribution in [0.2, 0.25) is 0 Å². The summed E-state index contributed by atoms with van der Waals surface area (Å²) in [5, 5.41) is 3.29. The second-order valence-electron chi connectivity index (χ2n) is 5.07. The highest BCUT2D eigenvalue weighted by molar-refractivity contribution is 7.13. The normalized spacial score (nSPS) is 24.9. The van der Waals surface area contributed by atoms with Gasteiger partial charge in [0.1, 0.15) is 0 Å². The van der Waals surface area contributed by atoms with Crippen LogP contribution in [0.15, 0.2) is 5.38 Å². The molecule has 1 fully saturated rings.